The number of nitrogens with one attached hydrogen (secondary N) is 3. The Hall–Kier alpha value is -5.75. The van der Waals surface area contributed by atoms with Gasteiger partial charge in [-0.1, -0.05) is 66.2 Å². The maximum Gasteiger partial charge on any atom is 0.272 e. The number of halogens is 2. The highest BCUT2D eigenvalue weighted by atomic mass is 35.5. The Bertz CT molecular complexity index is 2190. The summed E-state index contributed by atoms with van der Waals surface area (Å²) in [5.74, 6) is -1.41. The number of ether oxygens (including phenoxy) is 1. The summed E-state index contributed by atoms with van der Waals surface area (Å²) in [6, 6.07) is 36.3. The Morgan fingerprint density at radius 1 is 0.846 bits per heavy atom. The van der Waals surface area contributed by atoms with E-state index < -0.39 is 22.9 Å². The number of carbonyl (C=O) groups excluding carboxylic acids is 3. The van der Waals surface area contributed by atoms with Crippen molar-refractivity contribution in [3.63, 3.8) is 0 Å². The van der Waals surface area contributed by atoms with Gasteiger partial charge in [-0.15, -0.1) is 23.1 Å². The summed E-state index contributed by atoms with van der Waals surface area (Å²) in [6.45, 7) is 0. The molecule has 0 radical (unpaired) electrons. The van der Waals surface area contributed by atoms with E-state index in [9.17, 15) is 18.8 Å². The highest BCUT2D eigenvalue weighted by Gasteiger charge is 2.24. The lowest BCUT2D eigenvalue weighted by Gasteiger charge is -2.17. The van der Waals surface area contributed by atoms with Crippen molar-refractivity contribution in [1.82, 2.24) is 10.3 Å². The van der Waals surface area contributed by atoms with E-state index in [0.717, 1.165) is 27.5 Å². The van der Waals surface area contributed by atoms with Crippen molar-refractivity contribution in [1.29, 1.82) is 0 Å². The zero-order valence-electron chi connectivity index (χ0n) is 27.5. The molecular weight excluding hydrogens is 719 g/mol. The van der Waals surface area contributed by atoms with Crippen LogP contribution in [0.15, 0.2) is 143 Å². The fourth-order valence-corrected chi connectivity index (χ4v) is 6.95. The molecule has 1 atom stereocenters. The van der Waals surface area contributed by atoms with Gasteiger partial charge in [0.25, 0.3) is 11.8 Å². The third-order valence-corrected chi connectivity index (χ3v) is 10.00. The van der Waals surface area contributed by atoms with Gasteiger partial charge >= 0.3 is 0 Å². The van der Waals surface area contributed by atoms with Gasteiger partial charge in [0, 0.05) is 32.7 Å². The minimum Gasteiger partial charge on any atom is -0.497 e. The molecule has 0 aliphatic heterocycles. The SMILES string of the molecule is COc1ccc(-c2csc(NC(=O)C(Sc3ccc(NC(=O)/C(=C/c4c(F)cccc4Cl)NC(=O)c4ccccc4)cc3)c3ccccc3)n2)cc1. The molecule has 0 saturated carbocycles. The summed E-state index contributed by atoms with van der Waals surface area (Å²) < 4.78 is 19.9. The van der Waals surface area contributed by atoms with Crippen LogP contribution in [0.2, 0.25) is 5.02 Å². The average molecular weight is 749 g/mol. The summed E-state index contributed by atoms with van der Waals surface area (Å²) in [5, 5.41) is 10.1. The van der Waals surface area contributed by atoms with E-state index in [1.165, 1.54) is 47.4 Å². The topological polar surface area (TPSA) is 109 Å². The van der Waals surface area contributed by atoms with Crippen molar-refractivity contribution in [3.05, 3.63) is 166 Å². The van der Waals surface area contributed by atoms with Crippen LogP contribution in [0.1, 0.15) is 26.7 Å². The normalized spacial score (nSPS) is 11.7. The molecule has 52 heavy (non-hydrogen) atoms. The molecule has 1 heterocycles. The van der Waals surface area contributed by atoms with Crippen molar-refractivity contribution < 1.29 is 23.5 Å². The van der Waals surface area contributed by atoms with Crippen molar-refractivity contribution in [2.45, 2.75) is 10.1 Å². The van der Waals surface area contributed by atoms with E-state index in [0.29, 0.717) is 16.4 Å². The first-order chi connectivity index (χ1) is 25.3. The van der Waals surface area contributed by atoms with Crippen LogP contribution in [-0.4, -0.2) is 29.8 Å². The number of amides is 3. The van der Waals surface area contributed by atoms with E-state index in [-0.39, 0.29) is 22.2 Å². The van der Waals surface area contributed by atoms with Gasteiger partial charge in [0.1, 0.15) is 22.5 Å². The number of thioether (sulfide) groups is 1. The quantitative estimate of drug-likeness (QED) is 0.0850. The number of nitrogens with zero attached hydrogens (tertiary/aromatic N) is 1. The molecule has 0 aliphatic rings. The Balaban J connectivity index is 1.18. The summed E-state index contributed by atoms with van der Waals surface area (Å²) >= 11 is 8.90. The zero-order chi connectivity index (χ0) is 36.5. The predicted octanol–water partition coefficient (Wildman–Crippen LogP) is 9.49. The maximum atomic E-state index is 14.7. The zero-order valence-corrected chi connectivity index (χ0v) is 29.9. The Morgan fingerprint density at radius 2 is 1.54 bits per heavy atom. The third kappa shape index (κ3) is 9.12. The molecule has 5 aromatic carbocycles. The lowest BCUT2D eigenvalue weighted by Crippen LogP contribution is -2.30. The van der Waals surface area contributed by atoms with Crippen LogP contribution in [0.5, 0.6) is 5.75 Å². The van der Waals surface area contributed by atoms with Gasteiger partial charge in [0.2, 0.25) is 5.91 Å². The minimum atomic E-state index is -0.692. The van der Waals surface area contributed by atoms with E-state index in [4.69, 9.17) is 16.3 Å². The van der Waals surface area contributed by atoms with Crippen molar-refractivity contribution in [2.75, 3.05) is 17.7 Å². The number of anilines is 2. The number of aromatic nitrogens is 1. The highest BCUT2D eigenvalue weighted by Crippen LogP contribution is 2.37. The predicted molar refractivity (Wildman–Crippen MR) is 206 cm³/mol. The molecule has 260 valence electrons. The minimum absolute atomic E-state index is 0.0469. The van der Waals surface area contributed by atoms with Crippen molar-refractivity contribution >= 4 is 69.3 Å². The maximum absolute atomic E-state index is 14.7. The monoisotopic (exact) mass is 748 g/mol. The standard InChI is InChI=1S/C40H30ClFN4O4S2/c1-50-29-19-15-25(16-20-29)35-24-51-40(45-35)46-39(49)36(26-9-4-2-5-10-26)52-30-21-17-28(18-22-30)43-38(48)34(23-31-32(41)13-8-14-33(31)42)44-37(47)27-11-6-3-7-12-27/h2-24,36H,1H3,(H,43,48)(H,44,47)(H,45,46,49)/b34-23-. The van der Waals surface area contributed by atoms with Gasteiger partial charge in [-0.25, -0.2) is 9.37 Å². The fourth-order valence-electron chi connectivity index (χ4n) is 4.98. The molecule has 3 N–H and O–H groups in total. The molecule has 0 spiro atoms. The second-order valence-corrected chi connectivity index (χ2v) is 13.6. The van der Waals surface area contributed by atoms with Crippen LogP contribution in [0.3, 0.4) is 0 Å². The number of hydrogen-bond acceptors (Lipinski definition) is 7. The first-order valence-corrected chi connectivity index (χ1v) is 18.0. The molecule has 6 aromatic rings. The number of thiazole rings is 1. The molecule has 8 nitrogen and oxygen atoms in total. The van der Waals surface area contributed by atoms with Crippen LogP contribution in [0.4, 0.5) is 15.2 Å². The number of carbonyl (C=O) groups is 3. The van der Waals surface area contributed by atoms with Crippen LogP contribution >= 0.6 is 34.7 Å². The van der Waals surface area contributed by atoms with Crippen LogP contribution in [0.25, 0.3) is 17.3 Å². The van der Waals surface area contributed by atoms with Gasteiger partial charge in [0.15, 0.2) is 5.13 Å². The highest BCUT2D eigenvalue weighted by molar-refractivity contribution is 8.00. The molecular formula is C40H30ClFN4O4S2. The van der Waals surface area contributed by atoms with Gasteiger partial charge < -0.3 is 20.7 Å². The van der Waals surface area contributed by atoms with Crippen molar-refractivity contribution in [2.24, 2.45) is 0 Å². The number of methoxy groups -OCH3 is 1. The van der Waals surface area contributed by atoms with Gasteiger partial charge in [-0.3, -0.25) is 14.4 Å². The molecule has 6 rings (SSSR count). The average Bonchev–Trinajstić information content (AvgIpc) is 3.64. The van der Waals surface area contributed by atoms with Crippen LogP contribution < -0.4 is 20.7 Å². The number of rotatable bonds is 12. The molecule has 0 saturated heterocycles. The van der Waals surface area contributed by atoms with E-state index in [1.54, 1.807) is 61.7 Å². The third-order valence-electron chi connectivity index (χ3n) is 7.64. The van der Waals surface area contributed by atoms with Gasteiger partial charge in [-0.2, -0.15) is 0 Å². The van der Waals surface area contributed by atoms with Crippen molar-refractivity contribution in [3.8, 4) is 17.0 Å². The largest absolute Gasteiger partial charge is 0.497 e. The summed E-state index contributed by atoms with van der Waals surface area (Å²) in [7, 11) is 1.61. The molecule has 1 aromatic heterocycles. The molecule has 0 fully saturated rings. The number of benzene rings is 5. The number of hydrogen-bond donors (Lipinski definition) is 3. The Morgan fingerprint density at radius 3 is 2.21 bits per heavy atom. The molecule has 0 bridgehead atoms. The van der Waals surface area contributed by atoms with Gasteiger partial charge in [0.05, 0.1) is 17.8 Å². The van der Waals surface area contributed by atoms with E-state index in [2.05, 4.69) is 20.9 Å². The fraction of sp³-hybridized carbons (Fsp3) is 0.0500. The van der Waals surface area contributed by atoms with E-state index in [1.807, 2.05) is 60.0 Å². The Labute approximate surface area is 312 Å². The second-order valence-electron chi connectivity index (χ2n) is 11.2. The van der Waals surface area contributed by atoms with Crippen LogP contribution in [-0.2, 0) is 9.59 Å². The summed E-state index contributed by atoms with van der Waals surface area (Å²) in [4.78, 5) is 45.6. The first-order valence-electron chi connectivity index (χ1n) is 15.8. The first kappa shape index (κ1) is 36.1. The lowest BCUT2D eigenvalue weighted by atomic mass is 10.1. The van der Waals surface area contributed by atoms with E-state index >= 15 is 0 Å². The summed E-state index contributed by atoms with van der Waals surface area (Å²) in [5.41, 5.74) is 2.89. The molecule has 12 heteroatoms. The lowest BCUT2D eigenvalue weighted by molar-refractivity contribution is -0.116. The molecule has 1 unspecified atom stereocenters. The van der Waals surface area contributed by atoms with Crippen LogP contribution in [0, 0.1) is 5.82 Å². The molecule has 0 aliphatic carbocycles. The smallest absolute Gasteiger partial charge is 0.272 e. The Kier molecular flexibility index (Phi) is 11.8. The van der Waals surface area contributed by atoms with Gasteiger partial charge in [-0.05, 0) is 84.4 Å². The molecule has 3 amide bonds. The summed E-state index contributed by atoms with van der Waals surface area (Å²) in [6.07, 6.45) is 1.20. The second kappa shape index (κ2) is 17.0.